The molecule has 9 heteroatoms. The molecule has 0 aliphatic carbocycles. The van der Waals surface area contributed by atoms with Gasteiger partial charge < -0.3 is 9.09 Å². The minimum atomic E-state index is -0.469. The number of fused-ring (bicyclic) bond motifs is 1. The van der Waals surface area contributed by atoms with Crippen molar-refractivity contribution in [1.82, 2.24) is 19.7 Å². The van der Waals surface area contributed by atoms with Gasteiger partial charge >= 0.3 is 0 Å². The van der Waals surface area contributed by atoms with Crippen molar-refractivity contribution in [3.63, 3.8) is 0 Å². The maximum Gasteiger partial charge on any atom is 0.276 e. The van der Waals surface area contributed by atoms with Crippen LogP contribution in [0.25, 0.3) is 22.5 Å². The van der Waals surface area contributed by atoms with Crippen LogP contribution in [-0.2, 0) is 6.54 Å². The van der Waals surface area contributed by atoms with Gasteiger partial charge in [-0.05, 0) is 48.0 Å². The maximum absolute atomic E-state index is 13.4. The summed E-state index contributed by atoms with van der Waals surface area (Å²) in [7, 11) is 0. The molecular formula is C23H13Cl3N4O2. The highest BCUT2D eigenvalue weighted by Gasteiger charge is 2.27. The lowest BCUT2D eigenvalue weighted by molar-refractivity contribution is 0.102. The quantitative estimate of drug-likeness (QED) is 0.273. The van der Waals surface area contributed by atoms with Crippen molar-refractivity contribution < 1.29 is 9.32 Å². The Hall–Kier alpha value is -3.19. The molecule has 32 heavy (non-hydrogen) atoms. The summed E-state index contributed by atoms with van der Waals surface area (Å²) < 4.78 is 7.09. The largest absolute Gasteiger partial charge is 0.332 e. The molecule has 0 atom stereocenters. The number of aromatic nitrogens is 4. The number of ketones is 1. The predicted octanol–water partition coefficient (Wildman–Crippen LogP) is 6.33. The minimum Gasteiger partial charge on any atom is -0.332 e. The standard InChI is InChI=1S/C23H13Cl3N4O2/c24-14-6-4-13(5-7-14)12-30-18-9-8-15(25)11-16(18)19(21(30)26)20(31)22-28-23(32-29-22)17-3-1-2-10-27-17/h1-11H,12H2. The molecule has 5 aromatic rings. The molecule has 3 heterocycles. The lowest BCUT2D eigenvalue weighted by Crippen LogP contribution is -2.05. The molecule has 3 aromatic heterocycles. The highest BCUT2D eigenvalue weighted by Crippen LogP contribution is 2.34. The average molecular weight is 484 g/mol. The summed E-state index contributed by atoms with van der Waals surface area (Å²) in [5.74, 6) is -0.436. The molecule has 2 aromatic carbocycles. The van der Waals surface area contributed by atoms with Crippen LogP contribution in [-0.4, -0.2) is 25.5 Å². The molecular weight excluding hydrogens is 471 g/mol. The van der Waals surface area contributed by atoms with Crippen molar-refractivity contribution >= 4 is 51.5 Å². The highest BCUT2D eigenvalue weighted by atomic mass is 35.5. The first-order valence-corrected chi connectivity index (χ1v) is 10.7. The summed E-state index contributed by atoms with van der Waals surface area (Å²) in [5.41, 5.74) is 2.45. The van der Waals surface area contributed by atoms with Gasteiger partial charge in [-0.2, -0.15) is 4.98 Å². The van der Waals surface area contributed by atoms with Crippen LogP contribution in [0.3, 0.4) is 0 Å². The van der Waals surface area contributed by atoms with Gasteiger partial charge in [0.1, 0.15) is 10.8 Å². The molecule has 5 rings (SSSR count). The summed E-state index contributed by atoms with van der Waals surface area (Å²) >= 11 is 19.0. The second-order valence-electron chi connectivity index (χ2n) is 7.01. The van der Waals surface area contributed by atoms with Crippen molar-refractivity contribution in [1.29, 1.82) is 0 Å². The molecule has 0 fully saturated rings. The summed E-state index contributed by atoms with van der Waals surface area (Å²) in [6, 6.07) is 18.0. The molecule has 0 spiro atoms. The topological polar surface area (TPSA) is 73.8 Å². The fraction of sp³-hybridized carbons (Fsp3) is 0.0435. The number of rotatable bonds is 5. The molecule has 0 aliphatic rings. The van der Waals surface area contributed by atoms with Gasteiger partial charge in [0, 0.05) is 28.2 Å². The second-order valence-corrected chi connectivity index (χ2v) is 8.24. The number of hydrogen-bond acceptors (Lipinski definition) is 5. The van der Waals surface area contributed by atoms with Crippen LogP contribution in [0.2, 0.25) is 15.2 Å². The zero-order valence-electron chi connectivity index (χ0n) is 16.3. The maximum atomic E-state index is 13.4. The Morgan fingerprint density at radius 3 is 2.50 bits per heavy atom. The number of carbonyl (C=O) groups is 1. The van der Waals surface area contributed by atoms with Crippen LogP contribution >= 0.6 is 34.8 Å². The molecule has 6 nitrogen and oxygen atoms in total. The van der Waals surface area contributed by atoms with Crippen LogP contribution in [0.15, 0.2) is 71.4 Å². The van der Waals surface area contributed by atoms with Crippen LogP contribution < -0.4 is 0 Å². The lowest BCUT2D eigenvalue weighted by Gasteiger charge is -2.08. The van der Waals surface area contributed by atoms with Crippen molar-refractivity contribution in [2.24, 2.45) is 0 Å². The number of nitrogens with zero attached hydrogens (tertiary/aromatic N) is 4. The van der Waals surface area contributed by atoms with E-state index in [0.29, 0.717) is 27.7 Å². The van der Waals surface area contributed by atoms with E-state index >= 15 is 0 Å². The van der Waals surface area contributed by atoms with Gasteiger partial charge in [0.2, 0.25) is 11.6 Å². The Morgan fingerprint density at radius 2 is 1.75 bits per heavy atom. The summed E-state index contributed by atoms with van der Waals surface area (Å²) in [6.45, 7) is 0.437. The second kappa shape index (κ2) is 8.39. The summed E-state index contributed by atoms with van der Waals surface area (Å²) in [4.78, 5) is 21.8. The Morgan fingerprint density at radius 1 is 0.969 bits per heavy atom. The molecule has 158 valence electrons. The number of benzene rings is 2. The minimum absolute atomic E-state index is 0.113. The summed E-state index contributed by atoms with van der Waals surface area (Å²) in [5, 5.41) is 5.83. The zero-order valence-corrected chi connectivity index (χ0v) is 18.6. The Labute approximate surface area is 197 Å². The van der Waals surface area contributed by atoms with Crippen molar-refractivity contribution in [2.75, 3.05) is 0 Å². The molecule has 0 unspecified atom stereocenters. The zero-order chi connectivity index (χ0) is 22.2. The first-order valence-electron chi connectivity index (χ1n) is 9.53. The third-order valence-electron chi connectivity index (χ3n) is 4.96. The van der Waals surface area contributed by atoms with E-state index in [1.165, 1.54) is 0 Å². The van der Waals surface area contributed by atoms with Crippen LogP contribution in [0.4, 0.5) is 0 Å². The number of carbonyl (C=O) groups excluding carboxylic acids is 1. The smallest absolute Gasteiger partial charge is 0.276 e. The normalized spacial score (nSPS) is 11.2. The van der Waals surface area contributed by atoms with Crippen LogP contribution in [0.5, 0.6) is 0 Å². The SMILES string of the molecule is O=C(c1noc(-c2ccccn2)n1)c1c(Cl)n(Cc2ccc(Cl)cc2)c2ccc(Cl)cc12. The van der Waals surface area contributed by atoms with E-state index in [2.05, 4.69) is 15.1 Å². The molecule has 0 bridgehead atoms. The van der Waals surface area contributed by atoms with E-state index in [4.69, 9.17) is 39.3 Å². The molecule has 0 saturated heterocycles. The molecule has 0 saturated carbocycles. The van der Waals surface area contributed by atoms with Crippen molar-refractivity contribution in [3.8, 4) is 11.6 Å². The predicted molar refractivity (Wildman–Crippen MR) is 123 cm³/mol. The van der Waals surface area contributed by atoms with Gasteiger partial charge in [-0.15, -0.1) is 0 Å². The van der Waals surface area contributed by atoms with E-state index in [-0.39, 0.29) is 22.4 Å². The van der Waals surface area contributed by atoms with E-state index in [1.54, 1.807) is 48.7 Å². The van der Waals surface area contributed by atoms with Crippen LogP contribution in [0, 0.1) is 0 Å². The van der Waals surface area contributed by atoms with E-state index in [9.17, 15) is 4.79 Å². The number of halogens is 3. The van der Waals surface area contributed by atoms with Gasteiger partial charge in [0.25, 0.3) is 5.89 Å². The summed E-state index contributed by atoms with van der Waals surface area (Å²) in [6.07, 6.45) is 1.60. The van der Waals surface area contributed by atoms with E-state index < -0.39 is 5.78 Å². The fourth-order valence-electron chi connectivity index (χ4n) is 3.46. The molecule has 0 N–H and O–H groups in total. The van der Waals surface area contributed by atoms with Crippen molar-refractivity contribution in [3.05, 3.63) is 99.0 Å². The first kappa shape index (κ1) is 20.7. The molecule has 0 radical (unpaired) electrons. The number of pyridine rings is 1. The highest BCUT2D eigenvalue weighted by molar-refractivity contribution is 6.37. The molecule has 0 aliphatic heterocycles. The first-order chi connectivity index (χ1) is 15.5. The van der Waals surface area contributed by atoms with E-state index in [1.807, 2.05) is 22.8 Å². The molecule has 0 amide bonds. The monoisotopic (exact) mass is 482 g/mol. The lowest BCUT2D eigenvalue weighted by atomic mass is 10.1. The van der Waals surface area contributed by atoms with Gasteiger partial charge in [0.05, 0.1) is 11.1 Å². The fourth-order valence-corrected chi connectivity index (χ4v) is 4.10. The number of hydrogen-bond donors (Lipinski definition) is 0. The van der Waals surface area contributed by atoms with Gasteiger partial charge in [0.15, 0.2) is 0 Å². The third-order valence-corrected chi connectivity index (χ3v) is 5.84. The van der Waals surface area contributed by atoms with Gasteiger partial charge in [-0.1, -0.05) is 58.2 Å². The Bertz CT molecular complexity index is 1440. The third kappa shape index (κ3) is 3.77. The van der Waals surface area contributed by atoms with Crippen molar-refractivity contribution in [2.45, 2.75) is 6.54 Å². The van der Waals surface area contributed by atoms with Gasteiger partial charge in [-0.25, -0.2) is 0 Å². The Balaban J connectivity index is 1.60. The van der Waals surface area contributed by atoms with E-state index in [0.717, 1.165) is 11.1 Å². The van der Waals surface area contributed by atoms with Gasteiger partial charge in [-0.3, -0.25) is 9.78 Å². The average Bonchev–Trinajstić information content (AvgIpc) is 3.39. The van der Waals surface area contributed by atoms with Crippen LogP contribution in [0.1, 0.15) is 21.7 Å². The Kier molecular flexibility index (Phi) is 5.43.